The van der Waals surface area contributed by atoms with Crippen molar-refractivity contribution in [2.45, 2.75) is 18.9 Å². The second-order valence-corrected chi connectivity index (χ2v) is 4.88. The van der Waals surface area contributed by atoms with Crippen LogP contribution in [0.25, 0.3) is 0 Å². The average Bonchev–Trinajstić information content (AvgIpc) is 2.31. The maximum atomic E-state index is 14.0. The molecule has 0 spiro atoms. The van der Waals surface area contributed by atoms with E-state index in [9.17, 15) is 18.0 Å². The van der Waals surface area contributed by atoms with Gasteiger partial charge in [-0.1, -0.05) is 0 Å². The van der Waals surface area contributed by atoms with Crippen molar-refractivity contribution in [3.8, 4) is 0 Å². The molecule has 4 nitrogen and oxygen atoms in total. The van der Waals surface area contributed by atoms with Crippen molar-refractivity contribution in [3.05, 3.63) is 29.1 Å². The Balaban J connectivity index is 2.53. The first-order chi connectivity index (χ1) is 8.76. The number of hydrogen-bond donors (Lipinski definition) is 2. The molecule has 3 N–H and O–H groups in total. The van der Waals surface area contributed by atoms with Crippen LogP contribution in [0, 0.1) is 17.5 Å². The zero-order valence-corrected chi connectivity index (χ0v) is 10.6. The molecule has 0 unspecified atom stereocenters. The van der Waals surface area contributed by atoms with Gasteiger partial charge in [-0.25, -0.2) is 13.2 Å². The molecule has 2 rings (SSSR count). The van der Waals surface area contributed by atoms with Gasteiger partial charge in [0.05, 0.1) is 12.2 Å². The van der Waals surface area contributed by atoms with E-state index in [1.165, 1.54) is 11.8 Å². The van der Waals surface area contributed by atoms with Gasteiger partial charge in [0.25, 0.3) is 0 Å². The molecule has 1 aromatic rings. The van der Waals surface area contributed by atoms with Crippen LogP contribution < -0.4 is 11.1 Å². The Morgan fingerprint density at radius 2 is 2.00 bits per heavy atom. The third-order valence-electron chi connectivity index (χ3n) is 3.39. The molecule has 1 fully saturated rings. The normalized spacial score (nSPS) is 23.8. The summed E-state index contributed by atoms with van der Waals surface area (Å²) >= 11 is 0. The molecule has 104 valence electrons. The lowest BCUT2D eigenvalue weighted by atomic mass is 9.85. The van der Waals surface area contributed by atoms with Gasteiger partial charge in [0.15, 0.2) is 11.6 Å². The smallest absolute Gasteiger partial charge is 0.225 e. The molecule has 0 aromatic heterocycles. The Morgan fingerprint density at radius 3 is 2.58 bits per heavy atom. The second-order valence-electron chi connectivity index (χ2n) is 4.88. The molecule has 19 heavy (non-hydrogen) atoms. The lowest BCUT2D eigenvalue weighted by Gasteiger charge is -2.39. The molecular weight excluding hydrogens is 259 g/mol. The Morgan fingerprint density at radius 1 is 1.37 bits per heavy atom. The van der Waals surface area contributed by atoms with Crippen LogP contribution in [0.15, 0.2) is 6.07 Å². The lowest BCUT2D eigenvalue weighted by Crippen LogP contribution is -2.55. The van der Waals surface area contributed by atoms with Crippen molar-refractivity contribution in [3.63, 3.8) is 0 Å². The van der Waals surface area contributed by atoms with Crippen molar-refractivity contribution in [1.29, 1.82) is 0 Å². The van der Waals surface area contributed by atoms with Gasteiger partial charge in [0.1, 0.15) is 11.5 Å². The highest BCUT2D eigenvalue weighted by atomic mass is 19.1. The van der Waals surface area contributed by atoms with E-state index in [0.29, 0.717) is 6.07 Å². The summed E-state index contributed by atoms with van der Waals surface area (Å²) in [5.74, 6) is -3.63. The number of carbonyl (C=O) groups is 1. The van der Waals surface area contributed by atoms with Gasteiger partial charge >= 0.3 is 0 Å². The monoisotopic (exact) mass is 273 g/mol. The van der Waals surface area contributed by atoms with Gasteiger partial charge < -0.3 is 10.6 Å². The van der Waals surface area contributed by atoms with Crippen molar-refractivity contribution in [2.75, 3.05) is 19.5 Å². The van der Waals surface area contributed by atoms with Crippen LogP contribution in [0.4, 0.5) is 18.9 Å². The summed E-state index contributed by atoms with van der Waals surface area (Å²) in [7, 11) is 1.57. The molecule has 0 bridgehead atoms. The standard InChI is InChI=1S/C12H14F3N3O/c1-12(4-8(19)18(2)5-17-12)9-6(13)3-7(14)11(16)10(9)15/h3,17H,4-5,16H2,1-2H3/t12-/m0/s1. The Hall–Kier alpha value is -1.76. The molecule has 0 aliphatic carbocycles. The van der Waals surface area contributed by atoms with Gasteiger partial charge in [0, 0.05) is 25.1 Å². The summed E-state index contributed by atoms with van der Waals surface area (Å²) in [4.78, 5) is 13.1. The number of rotatable bonds is 1. The SMILES string of the molecule is CN1CN[C@](C)(c2c(F)cc(F)c(N)c2F)CC1=O. The molecule has 1 aliphatic heterocycles. The quantitative estimate of drug-likeness (QED) is 0.758. The van der Waals surface area contributed by atoms with E-state index in [4.69, 9.17) is 5.73 Å². The Bertz CT molecular complexity index is 550. The number of nitrogens with one attached hydrogen (secondary N) is 1. The Kier molecular flexibility index (Phi) is 3.17. The van der Waals surface area contributed by atoms with E-state index in [-0.39, 0.29) is 19.0 Å². The molecule has 1 aromatic carbocycles. The van der Waals surface area contributed by atoms with E-state index in [2.05, 4.69) is 5.32 Å². The minimum atomic E-state index is -1.25. The number of halogens is 3. The van der Waals surface area contributed by atoms with Crippen LogP contribution in [0.2, 0.25) is 0 Å². The summed E-state index contributed by atoms with van der Waals surface area (Å²) < 4.78 is 41.0. The Labute approximate surface area is 108 Å². The molecular formula is C12H14F3N3O. The number of amides is 1. The summed E-state index contributed by atoms with van der Waals surface area (Å²) in [5.41, 5.74) is 2.83. The first-order valence-corrected chi connectivity index (χ1v) is 5.68. The number of benzene rings is 1. The number of nitrogens with zero attached hydrogens (tertiary/aromatic N) is 1. The fourth-order valence-electron chi connectivity index (χ4n) is 2.17. The molecule has 1 saturated heterocycles. The van der Waals surface area contributed by atoms with Gasteiger partial charge in [-0.15, -0.1) is 0 Å². The molecule has 1 amide bonds. The van der Waals surface area contributed by atoms with E-state index < -0.39 is 34.2 Å². The van der Waals surface area contributed by atoms with Gasteiger partial charge in [-0.3, -0.25) is 10.1 Å². The van der Waals surface area contributed by atoms with Crippen molar-refractivity contribution < 1.29 is 18.0 Å². The highest BCUT2D eigenvalue weighted by Crippen LogP contribution is 2.35. The molecule has 1 aliphatic rings. The van der Waals surface area contributed by atoms with Crippen LogP contribution in [0.1, 0.15) is 18.9 Å². The third-order valence-corrected chi connectivity index (χ3v) is 3.39. The summed E-state index contributed by atoms with van der Waals surface area (Å²) in [6.45, 7) is 1.63. The largest absolute Gasteiger partial charge is 0.394 e. The number of hydrogen-bond acceptors (Lipinski definition) is 3. The number of carbonyl (C=O) groups excluding carboxylic acids is 1. The minimum absolute atomic E-state index is 0.136. The summed E-state index contributed by atoms with van der Waals surface area (Å²) in [6.07, 6.45) is -0.136. The molecule has 0 saturated carbocycles. The average molecular weight is 273 g/mol. The first-order valence-electron chi connectivity index (χ1n) is 5.68. The number of nitrogens with two attached hydrogens (primary N) is 1. The summed E-state index contributed by atoms with van der Waals surface area (Å²) in [6, 6.07) is 0.531. The van der Waals surface area contributed by atoms with E-state index in [1.54, 1.807) is 7.05 Å². The molecule has 7 heteroatoms. The van der Waals surface area contributed by atoms with Crippen LogP contribution in [-0.2, 0) is 10.3 Å². The number of nitrogen functional groups attached to an aromatic ring is 1. The first kappa shape index (κ1) is 13.7. The van der Waals surface area contributed by atoms with Crippen LogP contribution in [0.3, 0.4) is 0 Å². The molecule has 0 radical (unpaired) electrons. The predicted molar refractivity (Wildman–Crippen MR) is 63.5 cm³/mol. The second kappa shape index (κ2) is 4.41. The van der Waals surface area contributed by atoms with Gasteiger partial charge in [-0.2, -0.15) is 0 Å². The minimum Gasteiger partial charge on any atom is -0.394 e. The van der Waals surface area contributed by atoms with Crippen LogP contribution in [-0.4, -0.2) is 24.5 Å². The van der Waals surface area contributed by atoms with E-state index in [1.807, 2.05) is 0 Å². The third kappa shape index (κ3) is 2.14. The fraction of sp³-hybridized carbons (Fsp3) is 0.417. The van der Waals surface area contributed by atoms with Crippen molar-refractivity contribution in [2.24, 2.45) is 0 Å². The van der Waals surface area contributed by atoms with E-state index >= 15 is 0 Å². The maximum Gasteiger partial charge on any atom is 0.225 e. The predicted octanol–water partition coefficient (Wildman–Crippen LogP) is 1.31. The molecule has 1 atom stereocenters. The maximum absolute atomic E-state index is 14.0. The van der Waals surface area contributed by atoms with E-state index in [0.717, 1.165) is 0 Å². The van der Waals surface area contributed by atoms with Crippen molar-refractivity contribution in [1.82, 2.24) is 10.2 Å². The topological polar surface area (TPSA) is 58.4 Å². The van der Waals surface area contributed by atoms with Crippen molar-refractivity contribution >= 4 is 11.6 Å². The lowest BCUT2D eigenvalue weighted by molar-refractivity contribution is -0.135. The summed E-state index contributed by atoms with van der Waals surface area (Å²) in [5, 5.41) is 2.87. The zero-order valence-electron chi connectivity index (χ0n) is 10.6. The highest BCUT2D eigenvalue weighted by Gasteiger charge is 2.40. The fourth-order valence-corrected chi connectivity index (χ4v) is 2.17. The number of anilines is 1. The van der Waals surface area contributed by atoms with Gasteiger partial charge in [-0.05, 0) is 6.92 Å². The molecule has 1 heterocycles. The van der Waals surface area contributed by atoms with Crippen LogP contribution in [0.5, 0.6) is 0 Å². The highest BCUT2D eigenvalue weighted by molar-refractivity contribution is 5.78. The van der Waals surface area contributed by atoms with Crippen LogP contribution >= 0.6 is 0 Å². The van der Waals surface area contributed by atoms with Gasteiger partial charge in [0.2, 0.25) is 5.91 Å². The zero-order chi connectivity index (χ0) is 14.4.